The molecule has 0 aliphatic heterocycles. The molecule has 0 fully saturated rings. The molecule has 1 heterocycles. The first kappa shape index (κ1) is 14.5. The lowest BCUT2D eigenvalue weighted by atomic mass is 10.2. The number of aromatic nitrogens is 1. The molecular formula is C11H18N2O2S2. The fraction of sp³-hybridized carbons (Fsp3) is 0.636. The van der Waals surface area contributed by atoms with Gasteiger partial charge < -0.3 is 10.4 Å². The van der Waals surface area contributed by atoms with Gasteiger partial charge in [-0.15, -0.1) is 11.3 Å². The van der Waals surface area contributed by atoms with E-state index in [0.29, 0.717) is 13.0 Å². The highest BCUT2D eigenvalue weighted by Crippen LogP contribution is 2.10. The molecule has 0 bridgehead atoms. The van der Waals surface area contributed by atoms with E-state index < -0.39 is 6.10 Å². The van der Waals surface area contributed by atoms with Crippen LogP contribution in [0.25, 0.3) is 0 Å². The second-order valence-corrected chi connectivity index (χ2v) is 5.53. The van der Waals surface area contributed by atoms with Crippen LogP contribution in [0.4, 0.5) is 0 Å². The van der Waals surface area contributed by atoms with Crippen LogP contribution in [0.1, 0.15) is 24.0 Å². The molecule has 96 valence electrons. The molecule has 17 heavy (non-hydrogen) atoms. The number of amides is 1. The molecular weight excluding hydrogens is 256 g/mol. The zero-order valence-electron chi connectivity index (χ0n) is 10.1. The minimum atomic E-state index is -0.909. The van der Waals surface area contributed by atoms with E-state index in [9.17, 15) is 9.90 Å². The molecule has 2 N–H and O–H groups in total. The zero-order chi connectivity index (χ0) is 12.7. The summed E-state index contributed by atoms with van der Waals surface area (Å²) in [7, 11) is 0. The zero-order valence-corrected chi connectivity index (χ0v) is 11.7. The summed E-state index contributed by atoms with van der Waals surface area (Å²) >= 11 is 3.15. The lowest BCUT2D eigenvalue weighted by molar-refractivity contribution is -0.129. The third-order valence-corrected chi connectivity index (χ3v) is 3.82. The predicted octanol–water partition coefficient (Wildman–Crippen LogP) is 1.44. The highest BCUT2D eigenvalue weighted by molar-refractivity contribution is 7.98. The number of aliphatic hydroxyl groups is 1. The summed E-state index contributed by atoms with van der Waals surface area (Å²) in [6.07, 6.45) is 2.44. The van der Waals surface area contributed by atoms with Crippen molar-refractivity contribution < 1.29 is 9.90 Å². The first-order valence-corrected chi connectivity index (χ1v) is 7.82. The quantitative estimate of drug-likeness (QED) is 0.790. The van der Waals surface area contributed by atoms with Gasteiger partial charge in [-0.05, 0) is 24.9 Å². The van der Waals surface area contributed by atoms with Crippen LogP contribution < -0.4 is 5.32 Å². The van der Waals surface area contributed by atoms with Crippen LogP contribution in [-0.2, 0) is 17.8 Å². The Labute approximate surface area is 110 Å². The van der Waals surface area contributed by atoms with Gasteiger partial charge in [0.25, 0.3) is 0 Å². The summed E-state index contributed by atoms with van der Waals surface area (Å²) < 4.78 is 0. The van der Waals surface area contributed by atoms with Crippen LogP contribution >= 0.6 is 23.1 Å². The van der Waals surface area contributed by atoms with E-state index in [1.165, 1.54) is 11.3 Å². The number of carbonyl (C=O) groups excluding carboxylic acids is 1. The number of carbonyl (C=O) groups is 1. The fourth-order valence-electron chi connectivity index (χ4n) is 1.23. The van der Waals surface area contributed by atoms with Gasteiger partial charge in [0.05, 0.1) is 12.2 Å². The van der Waals surface area contributed by atoms with E-state index in [-0.39, 0.29) is 5.91 Å². The molecule has 0 radical (unpaired) electrons. The van der Waals surface area contributed by atoms with E-state index >= 15 is 0 Å². The first-order valence-electron chi connectivity index (χ1n) is 5.55. The number of nitrogens with one attached hydrogen (secondary N) is 1. The van der Waals surface area contributed by atoms with E-state index in [4.69, 9.17) is 0 Å². The molecule has 1 rings (SSSR count). The van der Waals surface area contributed by atoms with Gasteiger partial charge in [0.1, 0.15) is 11.1 Å². The minimum absolute atomic E-state index is 0.313. The lowest BCUT2D eigenvalue weighted by Crippen LogP contribution is -2.34. The van der Waals surface area contributed by atoms with Crippen molar-refractivity contribution in [3.63, 3.8) is 0 Å². The van der Waals surface area contributed by atoms with Crippen LogP contribution in [0.3, 0.4) is 0 Å². The second kappa shape index (κ2) is 7.68. The lowest BCUT2D eigenvalue weighted by Gasteiger charge is -2.09. The number of thioether (sulfide) groups is 1. The summed E-state index contributed by atoms with van der Waals surface area (Å²) in [5.41, 5.74) is 1.04. The third-order valence-electron chi connectivity index (χ3n) is 2.27. The van der Waals surface area contributed by atoms with Gasteiger partial charge in [-0.1, -0.05) is 6.92 Å². The van der Waals surface area contributed by atoms with Crippen molar-refractivity contribution in [2.24, 2.45) is 0 Å². The number of thiazole rings is 1. The van der Waals surface area contributed by atoms with Gasteiger partial charge in [-0.2, -0.15) is 11.8 Å². The maximum absolute atomic E-state index is 11.5. The Morgan fingerprint density at radius 1 is 1.71 bits per heavy atom. The Morgan fingerprint density at radius 2 is 2.47 bits per heavy atom. The van der Waals surface area contributed by atoms with Crippen LogP contribution in [0, 0.1) is 0 Å². The van der Waals surface area contributed by atoms with Crippen molar-refractivity contribution >= 4 is 29.0 Å². The Kier molecular flexibility index (Phi) is 6.54. The molecule has 0 aliphatic rings. The summed E-state index contributed by atoms with van der Waals surface area (Å²) in [6.45, 7) is 2.45. The summed E-state index contributed by atoms with van der Waals surface area (Å²) in [4.78, 5) is 15.8. The standard InChI is InChI=1S/C11H18N2O2S2/c1-3-8-7-17-10(13-8)6-12-11(15)9(14)4-5-16-2/h7,9,14H,3-6H2,1-2H3,(H,12,15)/t9-/m1/s1. The van der Waals surface area contributed by atoms with Gasteiger partial charge in [-0.25, -0.2) is 4.98 Å². The van der Waals surface area contributed by atoms with Crippen LogP contribution in [0.2, 0.25) is 0 Å². The molecule has 0 aromatic carbocycles. The van der Waals surface area contributed by atoms with Crippen molar-refractivity contribution in [3.05, 3.63) is 16.1 Å². The molecule has 0 unspecified atom stereocenters. The molecule has 1 aromatic rings. The van der Waals surface area contributed by atoms with Gasteiger partial charge in [-0.3, -0.25) is 4.79 Å². The SMILES string of the molecule is CCc1csc(CNC(=O)[C@H](O)CCSC)n1. The van der Waals surface area contributed by atoms with Crippen LogP contribution in [0.15, 0.2) is 5.38 Å². The van der Waals surface area contributed by atoms with Gasteiger partial charge in [0.2, 0.25) is 5.91 Å². The highest BCUT2D eigenvalue weighted by Gasteiger charge is 2.14. The average molecular weight is 274 g/mol. The number of hydrogen-bond acceptors (Lipinski definition) is 5. The van der Waals surface area contributed by atoms with Crippen molar-refractivity contribution in [2.75, 3.05) is 12.0 Å². The van der Waals surface area contributed by atoms with Crippen LogP contribution in [-0.4, -0.2) is 34.1 Å². The van der Waals surface area contributed by atoms with Gasteiger partial charge >= 0.3 is 0 Å². The summed E-state index contributed by atoms with van der Waals surface area (Å²) in [5.74, 6) is 0.471. The van der Waals surface area contributed by atoms with E-state index in [0.717, 1.165) is 22.9 Å². The van der Waals surface area contributed by atoms with Crippen molar-refractivity contribution in [2.45, 2.75) is 32.4 Å². The smallest absolute Gasteiger partial charge is 0.249 e. The molecule has 0 saturated heterocycles. The topological polar surface area (TPSA) is 62.2 Å². The molecule has 1 amide bonds. The number of rotatable bonds is 7. The van der Waals surface area contributed by atoms with Crippen molar-refractivity contribution in [1.29, 1.82) is 0 Å². The number of aliphatic hydroxyl groups excluding tert-OH is 1. The summed E-state index contributed by atoms with van der Waals surface area (Å²) in [5, 5.41) is 15.1. The largest absolute Gasteiger partial charge is 0.383 e. The maximum Gasteiger partial charge on any atom is 0.249 e. The monoisotopic (exact) mass is 274 g/mol. The molecule has 0 saturated carbocycles. The maximum atomic E-state index is 11.5. The Hall–Kier alpha value is -0.590. The Balaban J connectivity index is 2.32. The van der Waals surface area contributed by atoms with E-state index in [1.807, 2.05) is 18.6 Å². The molecule has 1 aromatic heterocycles. The minimum Gasteiger partial charge on any atom is -0.383 e. The average Bonchev–Trinajstić information content (AvgIpc) is 2.80. The van der Waals surface area contributed by atoms with Crippen molar-refractivity contribution in [3.8, 4) is 0 Å². The Bertz CT molecular complexity index is 355. The molecule has 0 spiro atoms. The second-order valence-electron chi connectivity index (χ2n) is 3.60. The molecule has 0 aliphatic carbocycles. The molecule has 6 heteroatoms. The number of hydrogen-bond donors (Lipinski definition) is 2. The molecule has 1 atom stereocenters. The highest BCUT2D eigenvalue weighted by atomic mass is 32.2. The van der Waals surface area contributed by atoms with Crippen molar-refractivity contribution in [1.82, 2.24) is 10.3 Å². The predicted molar refractivity (Wildman–Crippen MR) is 72.3 cm³/mol. The normalized spacial score (nSPS) is 12.4. The van der Waals surface area contributed by atoms with E-state index in [1.54, 1.807) is 11.8 Å². The Morgan fingerprint density at radius 3 is 3.06 bits per heavy atom. The fourth-order valence-corrected chi connectivity index (χ4v) is 2.51. The number of aryl methyl sites for hydroxylation is 1. The number of nitrogens with zero attached hydrogens (tertiary/aromatic N) is 1. The third kappa shape index (κ3) is 5.06. The van der Waals surface area contributed by atoms with Gasteiger partial charge in [0, 0.05) is 5.38 Å². The first-order chi connectivity index (χ1) is 8.17. The van der Waals surface area contributed by atoms with Gasteiger partial charge in [0.15, 0.2) is 0 Å². The molecule has 4 nitrogen and oxygen atoms in total. The van der Waals surface area contributed by atoms with Crippen LogP contribution in [0.5, 0.6) is 0 Å². The summed E-state index contributed by atoms with van der Waals surface area (Å²) in [6, 6.07) is 0. The van der Waals surface area contributed by atoms with E-state index in [2.05, 4.69) is 10.3 Å².